The van der Waals surface area contributed by atoms with Crippen molar-refractivity contribution >= 4 is 11.6 Å². The van der Waals surface area contributed by atoms with Crippen molar-refractivity contribution in [2.45, 2.75) is 19.5 Å². The van der Waals surface area contributed by atoms with E-state index in [0.29, 0.717) is 0 Å². The van der Waals surface area contributed by atoms with E-state index >= 15 is 0 Å². The van der Waals surface area contributed by atoms with Gasteiger partial charge in [-0.1, -0.05) is 24.3 Å². The molecule has 0 aromatic heterocycles. The lowest BCUT2D eigenvalue weighted by Crippen LogP contribution is -2.16. The molecular formula is C16H13F4NO. The minimum Gasteiger partial charge on any atom is -0.323 e. The molecule has 0 aliphatic carbocycles. The van der Waals surface area contributed by atoms with E-state index in [2.05, 4.69) is 5.32 Å². The Hall–Kier alpha value is -2.37. The Morgan fingerprint density at radius 2 is 1.86 bits per heavy atom. The van der Waals surface area contributed by atoms with Gasteiger partial charge in [0.2, 0.25) is 5.91 Å². The van der Waals surface area contributed by atoms with Gasteiger partial charge in [0.05, 0.1) is 17.7 Å². The number of aryl methyl sites for hydroxylation is 1. The monoisotopic (exact) mass is 311 g/mol. The number of nitrogens with one attached hydrogen (secondary N) is 1. The summed E-state index contributed by atoms with van der Waals surface area (Å²) >= 11 is 0. The smallest absolute Gasteiger partial charge is 0.323 e. The second-order valence-corrected chi connectivity index (χ2v) is 4.91. The molecule has 0 aliphatic rings. The quantitative estimate of drug-likeness (QED) is 0.840. The third-order valence-electron chi connectivity index (χ3n) is 3.01. The molecule has 116 valence electrons. The summed E-state index contributed by atoms with van der Waals surface area (Å²) in [6.07, 6.45) is -4.73. The molecule has 0 bridgehead atoms. The van der Waals surface area contributed by atoms with Gasteiger partial charge < -0.3 is 5.32 Å². The molecule has 1 N–H and O–H groups in total. The van der Waals surface area contributed by atoms with Crippen LogP contribution in [0.25, 0.3) is 0 Å². The minimum atomic E-state index is -4.46. The number of amides is 1. The highest BCUT2D eigenvalue weighted by Crippen LogP contribution is 2.29. The summed E-state index contributed by atoms with van der Waals surface area (Å²) in [6.45, 7) is 1.74. The van der Waals surface area contributed by atoms with E-state index in [1.54, 1.807) is 13.0 Å². The average molecular weight is 311 g/mol. The Morgan fingerprint density at radius 3 is 2.55 bits per heavy atom. The number of carbonyl (C=O) groups is 1. The molecule has 0 saturated carbocycles. The summed E-state index contributed by atoms with van der Waals surface area (Å²) in [7, 11) is 0. The minimum absolute atomic E-state index is 0.0111. The first-order valence-corrected chi connectivity index (χ1v) is 6.48. The summed E-state index contributed by atoms with van der Waals surface area (Å²) < 4.78 is 51.3. The third kappa shape index (κ3) is 4.07. The van der Waals surface area contributed by atoms with Crippen molar-refractivity contribution in [1.29, 1.82) is 0 Å². The molecule has 1 amide bonds. The number of halogens is 4. The SMILES string of the molecule is Cc1ccc(F)c(NC(=O)Cc2cccc(C(F)(F)F)c2)c1. The second-order valence-electron chi connectivity index (χ2n) is 4.91. The summed E-state index contributed by atoms with van der Waals surface area (Å²) in [6, 6.07) is 8.72. The molecule has 0 radical (unpaired) electrons. The van der Waals surface area contributed by atoms with Crippen LogP contribution in [0.1, 0.15) is 16.7 Å². The van der Waals surface area contributed by atoms with Crippen LogP contribution in [-0.4, -0.2) is 5.91 Å². The fourth-order valence-corrected chi connectivity index (χ4v) is 1.97. The van der Waals surface area contributed by atoms with Crippen LogP contribution in [0, 0.1) is 12.7 Å². The van der Waals surface area contributed by atoms with Crippen LogP contribution in [0.2, 0.25) is 0 Å². The molecule has 0 spiro atoms. The Morgan fingerprint density at radius 1 is 1.14 bits per heavy atom. The zero-order valence-corrected chi connectivity index (χ0v) is 11.7. The number of benzene rings is 2. The second kappa shape index (κ2) is 6.17. The molecule has 0 atom stereocenters. The van der Waals surface area contributed by atoms with Crippen molar-refractivity contribution in [2.75, 3.05) is 5.32 Å². The molecule has 0 heterocycles. The predicted molar refractivity (Wildman–Crippen MR) is 74.9 cm³/mol. The molecule has 22 heavy (non-hydrogen) atoms. The van der Waals surface area contributed by atoms with Crippen LogP contribution in [0.4, 0.5) is 23.2 Å². The lowest BCUT2D eigenvalue weighted by molar-refractivity contribution is -0.137. The first-order chi connectivity index (χ1) is 10.3. The molecule has 0 fully saturated rings. The molecule has 6 heteroatoms. The highest BCUT2D eigenvalue weighted by atomic mass is 19.4. The zero-order chi connectivity index (χ0) is 16.3. The van der Waals surface area contributed by atoms with Gasteiger partial charge in [0, 0.05) is 0 Å². The summed E-state index contributed by atoms with van der Waals surface area (Å²) in [4.78, 5) is 11.8. The van der Waals surface area contributed by atoms with Gasteiger partial charge >= 0.3 is 6.18 Å². The van der Waals surface area contributed by atoms with Gasteiger partial charge in [-0.25, -0.2) is 4.39 Å². The maximum Gasteiger partial charge on any atom is 0.416 e. The van der Waals surface area contributed by atoms with Crippen molar-refractivity contribution in [3.8, 4) is 0 Å². The summed E-state index contributed by atoms with van der Waals surface area (Å²) in [5.74, 6) is -1.17. The largest absolute Gasteiger partial charge is 0.416 e. The van der Waals surface area contributed by atoms with Crippen LogP contribution in [-0.2, 0) is 17.4 Å². The Balaban J connectivity index is 2.11. The van der Waals surface area contributed by atoms with Crippen molar-refractivity contribution in [3.05, 3.63) is 65.0 Å². The Kier molecular flexibility index (Phi) is 4.49. The van der Waals surface area contributed by atoms with Crippen LogP contribution < -0.4 is 5.32 Å². The zero-order valence-electron chi connectivity index (χ0n) is 11.7. The molecule has 2 rings (SSSR count). The van der Waals surface area contributed by atoms with Gasteiger partial charge in [0.15, 0.2) is 0 Å². The topological polar surface area (TPSA) is 29.1 Å². The van der Waals surface area contributed by atoms with Gasteiger partial charge in [-0.3, -0.25) is 4.79 Å². The van der Waals surface area contributed by atoms with E-state index in [1.807, 2.05) is 0 Å². The van der Waals surface area contributed by atoms with Crippen molar-refractivity contribution in [3.63, 3.8) is 0 Å². The van der Waals surface area contributed by atoms with Crippen LogP contribution in [0.5, 0.6) is 0 Å². The fourth-order valence-electron chi connectivity index (χ4n) is 1.97. The maximum absolute atomic E-state index is 13.5. The summed E-state index contributed by atoms with van der Waals surface area (Å²) in [5, 5.41) is 2.36. The average Bonchev–Trinajstić information content (AvgIpc) is 2.42. The molecule has 2 nitrogen and oxygen atoms in total. The van der Waals surface area contributed by atoms with Crippen molar-refractivity contribution in [1.82, 2.24) is 0 Å². The Bertz CT molecular complexity index is 695. The summed E-state index contributed by atoms with van der Waals surface area (Å²) in [5.41, 5.74) is 0.160. The maximum atomic E-state index is 13.5. The molecule has 0 saturated heterocycles. The number of hydrogen-bond acceptors (Lipinski definition) is 1. The molecule has 0 aliphatic heterocycles. The molecule has 2 aromatic rings. The van der Waals surface area contributed by atoms with E-state index < -0.39 is 23.5 Å². The standard InChI is InChI=1S/C16H13F4NO/c1-10-5-6-13(17)14(7-10)21-15(22)9-11-3-2-4-12(8-11)16(18,19)20/h2-8H,9H2,1H3,(H,21,22). The van der Waals surface area contributed by atoms with E-state index in [1.165, 1.54) is 24.3 Å². The van der Waals surface area contributed by atoms with Crippen LogP contribution >= 0.6 is 0 Å². The first-order valence-electron chi connectivity index (χ1n) is 6.48. The normalized spacial score (nSPS) is 11.3. The van der Waals surface area contributed by atoms with Gasteiger partial charge in [-0.2, -0.15) is 13.2 Å². The van der Waals surface area contributed by atoms with E-state index in [-0.39, 0.29) is 17.7 Å². The first kappa shape index (κ1) is 16.0. The lowest BCUT2D eigenvalue weighted by atomic mass is 10.1. The third-order valence-corrected chi connectivity index (χ3v) is 3.01. The van der Waals surface area contributed by atoms with E-state index in [0.717, 1.165) is 17.7 Å². The molecular weight excluding hydrogens is 298 g/mol. The number of anilines is 1. The van der Waals surface area contributed by atoms with Gasteiger partial charge in [0.1, 0.15) is 5.82 Å². The highest BCUT2D eigenvalue weighted by molar-refractivity contribution is 5.92. The molecule has 2 aromatic carbocycles. The number of hydrogen-bond donors (Lipinski definition) is 1. The number of carbonyl (C=O) groups excluding carboxylic acids is 1. The molecule has 0 unspecified atom stereocenters. The van der Waals surface area contributed by atoms with Crippen LogP contribution in [0.3, 0.4) is 0 Å². The highest BCUT2D eigenvalue weighted by Gasteiger charge is 2.30. The van der Waals surface area contributed by atoms with Gasteiger partial charge in [-0.05, 0) is 36.2 Å². The van der Waals surface area contributed by atoms with Crippen molar-refractivity contribution in [2.24, 2.45) is 0 Å². The fraction of sp³-hybridized carbons (Fsp3) is 0.188. The van der Waals surface area contributed by atoms with Gasteiger partial charge in [-0.15, -0.1) is 0 Å². The predicted octanol–water partition coefficient (Wildman–Crippen LogP) is 4.33. The van der Waals surface area contributed by atoms with Crippen LogP contribution in [0.15, 0.2) is 42.5 Å². The number of rotatable bonds is 3. The Labute approximate surface area is 124 Å². The van der Waals surface area contributed by atoms with E-state index in [4.69, 9.17) is 0 Å². The van der Waals surface area contributed by atoms with E-state index in [9.17, 15) is 22.4 Å². The van der Waals surface area contributed by atoms with Gasteiger partial charge in [0.25, 0.3) is 0 Å². The lowest BCUT2D eigenvalue weighted by Gasteiger charge is -2.10. The van der Waals surface area contributed by atoms with Crippen molar-refractivity contribution < 1.29 is 22.4 Å². The number of alkyl halides is 3.